The monoisotopic (exact) mass is 745 g/mol. The Kier molecular flexibility index (Phi) is 9.82. The maximum absolute atomic E-state index is 13.2. The number of phosphoric ester groups is 2. The number of H-pyrrole nitrogens is 2. The number of aromatic nitrogens is 8. The third-order valence-electron chi connectivity index (χ3n) is 7.71. The molecule has 24 nitrogen and oxygen atoms in total. The number of nitrogens with zero attached hydrogens (tertiary/aromatic N) is 6. The summed E-state index contributed by atoms with van der Waals surface area (Å²) < 4.78 is 67.4. The Morgan fingerprint density at radius 3 is 2.04 bits per heavy atom. The Morgan fingerprint density at radius 1 is 0.940 bits per heavy atom. The topological polar surface area (TPSA) is 341 Å². The molecule has 4 aromatic rings. The molecule has 3 aliphatic rings. The number of hydrogen-bond donors (Lipinski definition) is 6. The van der Waals surface area contributed by atoms with Crippen molar-refractivity contribution in [3.05, 3.63) is 46.5 Å². The molecule has 0 spiro atoms. The number of nitrogens with two attached hydrogens (primary N) is 2. The number of anilines is 2. The zero-order valence-corrected chi connectivity index (χ0v) is 27.6. The van der Waals surface area contributed by atoms with Gasteiger partial charge in [-0.2, -0.15) is 9.97 Å². The van der Waals surface area contributed by atoms with Crippen LogP contribution in [0, 0.1) is 0 Å². The minimum Gasteiger partial charge on any atom is -0.756 e. The van der Waals surface area contributed by atoms with E-state index >= 15 is 0 Å². The first-order valence-corrected chi connectivity index (χ1v) is 17.6. The summed E-state index contributed by atoms with van der Waals surface area (Å²) in [4.78, 5) is 69.2. The number of phosphoric acid groups is 2. The lowest BCUT2D eigenvalue weighted by Crippen LogP contribution is -2.41. The molecule has 0 aliphatic carbocycles. The van der Waals surface area contributed by atoms with Gasteiger partial charge in [0.2, 0.25) is 11.9 Å². The van der Waals surface area contributed by atoms with Gasteiger partial charge in [0, 0.05) is 6.61 Å². The van der Waals surface area contributed by atoms with Gasteiger partial charge in [-0.25, -0.2) is 14.5 Å². The van der Waals surface area contributed by atoms with Gasteiger partial charge >= 0.3 is 7.82 Å². The maximum atomic E-state index is 13.2. The summed E-state index contributed by atoms with van der Waals surface area (Å²) in [7, 11) is -10.4. The van der Waals surface area contributed by atoms with Gasteiger partial charge in [0.15, 0.2) is 34.8 Å². The molecule has 10 atom stereocenters. The number of nitrogen functional groups attached to an aromatic ring is 2. The largest absolute Gasteiger partial charge is 0.756 e. The molecule has 272 valence electrons. The van der Waals surface area contributed by atoms with Crippen molar-refractivity contribution in [1.82, 2.24) is 39.0 Å². The van der Waals surface area contributed by atoms with Crippen LogP contribution >= 0.6 is 15.6 Å². The van der Waals surface area contributed by atoms with Gasteiger partial charge in [0.1, 0.15) is 36.6 Å². The molecular weight excluding hydrogens is 714 g/mol. The van der Waals surface area contributed by atoms with E-state index in [9.17, 15) is 33.6 Å². The summed E-state index contributed by atoms with van der Waals surface area (Å²) in [5.41, 5.74) is 9.57. The van der Waals surface area contributed by atoms with E-state index in [0.717, 1.165) is 10.9 Å². The lowest BCUT2D eigenvalue weighted by molar-refractivity contribution is -0.237. The molecule has 8 N–H and O–H groups in total. The summed E-state index contributed by atoms with van der Waals surface area (Å²) in [5, 5.41) is 11.2. The molecule has 0 bridgehead atoms. The quantitative estimate of drug-likeness (QED) is 0.0987. The summed E-state index contributed by atoms with van der Waals surface area (Å²) in [6.07, 6.45) is -9.79. The number of imidazole rings is 2. The number of fused-ring (bicyclic) bond motifs is 4. The highest BCUT2D eigenvalue weighted by atomic mass is 31.2. The van der Waals surface area contributed by atoms with Crippen LogP contribution in [0.15, 0.2) is 35.4 Å². The Bertz CT molecular complexity index is 2100. The molecule has 3 aliphatic heterocycles. The van der Waals surface area contributed by atoms with Crippen molar-refractivity contribution in [2.45, 2.75) is 56.0 Å². The number of ether oxygens (including phenoxy) is 3. The van der Waals surface area contributed by atoms with E-state index in [0.29, 0.717) is 0 Å². The van der Waals surface area contributed by atoms with Gasteiger partial charge in [-0.05, 0) is 6.92 Å². The van der Waals surface area contributed by atoms with E-state index in [1.165, 1.54) is 10.9 Å². The second kappa shape index (κ2) is 13.7. The second-order valence-electron chi connectivity index (χ2n) is 10.7. The van der Waals surface area contributed by atoms with Gasteiger partial charge in [-0.3, -0.25) is 42.3 Å². The number of nitrogens with one attached hydrogen (secondary N) is 2. The van der Waals surface area contributed by atoms with Crippen molar-refractivity contribution in [2.24, 2.45) is 0 Å². The fourth-order valence-corrected chi connectivity index (χ4v) is 7.64. The molecule has 0 amide bonds. The number of aromatic amines is 2. The molecule has 4 aromatic heterocycles. The molecule has 26 heteroatoms. The first-order valence-electron chi connectivity index (χ1n) is 14.6. The van der Waals surface area contributed by atoms with Gasteiger partial charge < -0.3 is 49.6 Å². The highest BCUT2D eigenvalue weighted by Crippen LogP contribution is 2.52. The van der Waals surface area contributed by atoms with Crippen LogP contribution < -0.4 is 27.5 Å². The number of aliphatic hydroxyl groups is 1. The first-order chi connectivity index (χ1) is 23.7. The summed E-state index contributed by atoms with van der Waals surface area (Å²) in [5.74, 6) is -0.518. The normalized spacial score (nSPS) is 34.7. The highest BCUT2D eigenvalue weighted by molar-refractivity contribution is 7.47. The average Bonchev–Trinajstić information content (AvgIpc) is 3.81. The lowest BCUT2D eigenvalue weighted by Gasteiger charge is -2.33. The first kappa shape index (κ1) is 35.9. The number of rotatable bonds is 4. The van der Waals surface area contributed by atoms with Crippen LogP contribution in [0.3, 0.4) is 0 Å². The van der Waals surface area contributed by atoms with Crippen molar-refractivity contribution in [3.8, 4) is 0 Å². The van der Waals surface area contributed by atoms with Crippen LogP contribution in [-0.4, -0.2) is 105 Å². The van der Waals surface area contributed by atoms with E-state index in [-0.39, 0.29) is 40.8 Å². The molecule has 7 rings (SSSR count). The summed E-state index contributed by atoms with van der Waals surface area (Å²) in [6, 6.07) is 0. The summed E-state index contributed by atoms with van der Waals surface area (Å²) >= 11 is 0. The lowest BCUT2D eigenvalue weighted by atomic mass is 10.1. The Labute approximate surface area is 279 Å². The number of hydrogen-bond acceptors (Lipinski definition) is 19. The van der Waals surface area contributed by atoms with E-state index in [1.54, 1.807) is 6.92 Å². The molecule has 0 radical (unpaired) electrons. The second-order valence-corrected chi connectivity index (χ2v) is 13.5. The summed E-state index contributed by atoms with van der Waals surface area (Å²) in [6.45, 7) is 5.92. The molecule has 0 saturated carbocycles. The van der Waals surface area contributed by atoms with Crippen LogP contribution in [0.1, 0.15) is 19.4 Å². The predicted molar refractivity (Wildman–Crippen MR) is 165 cm³/mol. The molecule has 0 aromatic carbocycles. The fraction of sp³-hybridized carbons (Fsp3) is 0.500. The van der Waals surface area contributed by atoms with Gasteiger partial charge in [-0.1, -0.05) is 0 Å². The molecule has 3 fully saturated rings. The Balaban J connectivity index is 0.00000212. The van der Waals surface area contributed by atoms with E-state index < -0.39 is 89.1 Å². The van der Waals surface area contributed by atoms with Crippen LogP contribution in [0.4, 0.5) is 11.9 Å². The molecule has 50 heavy (non-hydrogen) atoms. The van der Waals surface area contributed by atoms with Gasteiger partial charge in [0.05, 0.1) is 25.9 Å². The fourth-order valence-electron chi connectivity index (χ4n) is 5.73. The van der Waals surface area contributed by atoms with Crippen molar-refractivity contribution in [3.63, 3.8) is 0 Å². The smallest absolute Gasteiger partial charge is 0.472 e. The average molecular weight is 746 g/mol. The van der Waals surface area contributed by atoms with Crippen molar-refractivity contribution >= 4 is 49.9 Å². The van der Waals surface area contributed by atoms with E-state index in [1.807, 2.05) is 0 Å². The minimum absolute atomic E-state index is 0.0124. The maximum Gasteiger partial charge on any atom is 0.472 e. The van der Waals surface area contributed by atoms with Crippen molar-refractivity contribution in [1.29, 1.82) is 0 Å². The van der Waals surface area contributed by atoms with Crippen molar-refractivity contribution < 1.29 is 56.3 Å². The minimum atomic E-state index is -5.29. The third kappa shape index (κ3) is 6.64. The Morgan fingerprint density at radius 2 is 1.46 bits per heavy atom. The molecule has 7 heterocycles. The van der Waals surface area contributed by atoms with Crippen LogP contribution in [0.5, 0.6) is 0 Å². The third-order valence-corrected chi connectivity index (χ3v) is 9.66. The van der Waals surface area contributed by atoms with E-state index in [2.05, 4.69) is 43.1 Å². The highest BCUT2D eigenvalue weighted by Gasteiger charge is 2.53. The standard InChI is InChI=1S/C22H28N10O14P2.C2H4/c1-2-40-14-13-8(44-20(14)32-6-26-10-16(32)28-22(24)30-18(10)35)4-42-47(36,37)45-12-7(3-41-48(38,39)46-13)43-19(11(12)33)31-5-25-9-15(31)27-21(23)29-17(9)34;1-2/h5-8,11-14,19-20,33H,2-4H2,1H3,(H,36,37)(H,38,39)(H3,23,27,29,34)(H3,24,28,30,35);1-2H2/p-1/t7-,8-,11-,12-,13-,14-,19-,20-;/m1./s1. The molecule has 2 unspecified atom stereocenters. The zero-order valence-electron chi connectivity index (χ0n) is 25.8. The van der Waals surface area contributed by atoms with Crippen LogP contribution in [-0.2, 0) is 41.4 Å². The molecule has 3 saturated heterocycles. The van der Waals surface area contributed by atoms with Gasteiger partial charge in [0.25, 0.3) is 18.9 Å². The predicted octanol–water partition coefficient (Wildman–Crippen LogP) is -1.83. The Hall–Kier alpha value is -3.90. The van der Waals surface area contributed by atoms with Gasteiger partial charge in [-0.15, -0.1) is 13.2 Å². The van der Waals surface area contributed by atoms with E-state index in [4.69, 9.17) is 43.8 Å². The van der Waals surface area contributed by atoms with Crippen molar-refractivity contribution in [2.75, 3.05) is 31.3 Å². The molecular formula is C24H31N10O14P2-. The zero-order chi connectivity index (χ0) is 36.1. The number of aliphatic hydroxyl groups excluding tert-OH is 1. The SMILES string of the molecule is C=C.CCO[C@@H]1[C@@H]2OP(=O)([O-])OC[C@H]3O[C@@H](n4cnc5c(=O)[nH]c(N)nc54)[C@H](O)[C@@H]3OP(=O)(O)OC[C@H]2O[C@H]1n1cnc2c(=O)[nH]c(N)nc21. The van der Waals surface area contributed by atoms with Crippen LogP contribution in [0.2, 0.25) is 0 Å². The van der Waals surface area contributed by atoms with Crippen LogP contribution in [0.25, 0.3) is 22.3 Å².